The number of aryl methyl sites for hydroxylation is 1. The minimum Gasteiger partial charge on any atom is -0.398 e. The fourth-order valence-corrected chi connectivity index (χ4v) is 2.65. The molecule has 0 spiro atoms. The molecule has 0 bridgehead atoms. The highest BCUT2D eigenvalue weighted by Crippen LogP contribution is 2.36. The van der Waals surface area contributed by atoms with Crippen LogP contribution in [-0.4, -0.2) is 5.91 Å². The van der Waals surface area contributed by atoms with Crippen molar-refractivity contribution in [1.29, 1.82) is 0 Å². The topological polar surface area (TPSA) is 55.1 Å². The summed E-state index contributed by atoms with van der Waals surface area (Å²) in [7, 11) is 0. The number of hydrogen-bond acceptors (Lipinski definition) is 3. The third kappa shape index (κ3) is 3.51. The molecule has 0 aliphatic rings. The summed E-state index contributed by atoms with van der Waals surface area (Å²) in [6.07, 6.45) is 0. The van der Waals surface area contributed by atoms with Gasteiger partial charge in [0.25, 0.3) is 0 Å². The maximum atomic E-state index is 11.2. The van der Waals surface area contributed by atoms with E-state index in [2.05, 4.69) is 5.32 Å². The summed E-state index contributed by atoms with van der Waals surface area (Å²) in [5.74, 6) is -0.0788. The van der Waals surface area contributed by atoms with Crippen molar-refractivity contribution in [3.05, 3.63) is 48.0 Å². The Morgan fingerprint density at radius 3 is 2.58 bits per heavy atom. The second kappa shape index (κ2) is 5.80. The third-order valence-corrected chi connectivity index (χ3v) is 3.75. The molecule has 0 aromatic heterocycles. The summed E-state index contributed by atoms with van der Waals surface area (Å²) < 4.78 is 0. The zero-order valence-corrected chi connectivity index (χ0v) is 11.8. The molecule has 4 heteroatoms. The van der Waals surface area contributed by atoms with Crippen LogP contribution in [0.3, 0.4) is 0 Å². The highest BCUT2D eigenvalue weighted by Gasteiger charge is 2.07. The Labute approximate surface area is 117 Å². The van der Waals surface area contributed by atoms with Crippen LogP contribution in [0.15, 0.2) is 52.3 Å². The number of rotatable bonds is 3. The molecule has 0 unspecified atom stereocenters. The zero-order chi connectivity index (χ0) is 13.8. The molecule has 0 saturated heterocycles. The number of anilines is 2. The number of hydrogen-bond donors (Lipinski definition) is 2. The van der Waals surface area contributed by atoms with E-state index in [1.165, 1.54) is 6.92 Å². The summed E-state index contributed by atoms with van der Waals surface area (Å²) in [4.78, 5) is 13.2. The Hall–Kier alpha value is -1.94. The molecule has 0 fully saturated rings. The molecule has 98 valence electrons. The lowest BCUT2D eigenvalue weighted by Crippen LogP contribution is -2.06. The van der Waals surface area contributed by atoms with Crippen molar-refractivity contribution in [1.82, 2.24) is 0 Å². The van der Waals surface area contributed by atoms with E-state index in [1.807, 2.05) is 49.4 Å². The van der Waals surface area contributed by atoms with Crippen LogP contribution in [-0.2, 0) is 4.79 Å². The number of benzene rings is 2. The van der Waals surface area contributed by atoms with Gasteiger partial charge in [-0.05, 0) is 36.8 Å². The molecule has 0 saturated carbocycles. The second-order valence-electron chi connectivity index (χ2n) is 4.32. The number of carbonyl (C=O) groups excluding carboxylic acids is 1. The van der Waals surface area contributed by atoms with Crippen molar-refractivity contribution in [3.8, 4) is 0 Å². The van der Waals surface area contributed by atoms with Gasteiger partial charge in [0.05, 0.1) is 5.69 Å². The first-order chi connectivity index (χ1) is 9.06. The normalized spacial score (nSPS) is 10.2. The average molecular weight is 272 g/mol. The quantitative estimate of drug-likeness (QED) is 0.838. The van der Waals surface area contributed by atoms with Crippen LogP contribution in [0.1, 0.15) is 12.5 Å². The van der Waals surface area contributed by atoms with Crippen LogP contribution in [0, 0.1) is 6.92 Å². The van der Waals surface area contributed by atoms with E-state index >= 15 is 0 Å². The van der Waals surface area contributed by atoms with Crippen molar-refractivity contribution in [3.63, 3.8) is 0 Å². The van der Waals surface area contributed by atoms with E-state index < -0.39 is 0 Å². The van der Waals surface area contributed by atoms with E-state index in [0.29, 0.717) is 0 Å². The molecule has 0 atom stereocenters. The van der Waals surface area contributed by atoms with Crippen LogP contribution in [0.25, 0.3) is 0 Å². The molecular formula is C15H16N2OS. The van der Waals surface area contributed by atoms with Crippen LogP contribution >= 0.6 is 11.8 Å². The maximum absolute atomic E-state index is 11.2. The molecule has 3 nitrogen and oxygen atoms in total. The van der Waals surface area contributed by atoms with Gasteiger partial charge in [0.15, 0.2) is 0 Å². The summed E-state index contributed by atoms with van der Waals surface area (Å²) in [5, 5.41) is 2.82. The summed E-state index contributed by atoms with van der Waals surface area (Å²) in [5.41, 5.74) is 8.71. The fourth-order valence-electron chi connectivity index (χ4n) is 1.73. The van der Waals surface area contributed by atoms with E-state index in [-0.39, 0.29) is 5.91 Å². The van der Waals surface area contributed by atoms with Gasteiger partial charge in [-0.25, -0.2) is 0 Å². The molecule has 2 aromatic rings. The zero-order valence-electron chi connectivity index (χ0n) is 10.9. The SMILES string of the molecule is CC(=O)Nc1ccccc1Sc1ccc(C)cc1N. The first kappa shape index (κ1) is 13.5. The van der Waals surface area contributed by atoms with Gasteiger partial charge in [-0.3, -0.25) is 4.79 Å². The van der Waals surface area contributed by atoms with Crippen LogP contribution in [0.4, 0.5) is 11.4 Å². The lowest BCUT2D eigenvalue weighted by Gasteiger charge is -2.11. The fraction of sp³-hybridized carbons (Fsp3) is 0.133. The van der Waals surface area contributed by atoms with Gasteiger partial charge in [0, 0.05) is 22.4 Å². The first-order valence-corrected chi connectivity index (χ1v) is 6.78. The maximum Gasteiger partial charge on any atom is 0.221 e. The van der Waals surface area contributed by atoms with Gasteiger partial charge in [-0.15, -0.1) is 0 Å². The van der Waals surface area contributed by atoms with E-state index in [1.54, 1.807) is 11.8 Å². The molecule has 19 heavy (non-hydrogen) atoms. The monoisotopic (exact) mass is 272 g/mol. The molecule has 0 aliphatic heterocycles. The lowest BCUT2D eigenvalue weighted by atomic mass is 10.2. The van der Waals surface area contributed by atoms with Crippen molar-refractivity contribution >= 4 is 29.0 Å². The van der Waals surface area contributed by atoms with Crippen molar-refractivity contribution in [2.45, 2.75) is 23.6 Å². The number of para-hydroxylation sites is 1. The summed E-state index contributed by atoms with van der Waals surface area (Å²) >= 11 is 1.55. The van der Waals surface area contributed by atoms with Crippen molar-refractivity contribution < 1.29 is 4.79 Å². The minimum atomic E-state index is -0.0788. The minimum absolute atomic E-state index is 0.0788. The van der Waals surface area contributed by atoms with Gasteiger partial charge in [0.1, 0.15) is 0 Å². The molecule has 3 N–H and O–H groups in total. The predicted octanol–water partition coefficient (Wildman–Crippen LogP) is 3.69. The van der Waals surface area contributed by atoms with Gasteiger partial charge >= 0.3 is 0 Å². The van der Waals surface area contributed by atoms with Crippen LogP contribution in [0.5, 0.6) is 0 Å². The third-order valence-electron chi connectivity index (χ3n) is 2.58. The van der Waals surface area contributed by atoms with Gasteiger partial charge in [-0.1, -0.05) is 30.0 Å². The van der Waals surface area contributed by atoms with Gasteiger partial charge in [0.2, 0.25) is 5.91 Å². The van der Waals surface area contributed by atoms with E-state index in [0.717, 1.165) is 26.7 Å². The Balaban J connectivity index is 2.30. The number of amides is 1. The molecule has 2 aromatic carbocycles. The molecule has 1 amide bonds. The largest absolute Gasteiger partial charge is 0.398 e. The van der Waals surface area contributed by atoms with E-state index in [4.69, 9.17) is 5.73 Å². The Morgan fingerprint density at radius 2 is 1.89 bits per heavy atom. The highest BCUT2D eigenvalue weighted by atomic mass is 32.2. The number of nitrogens with two attached hydrogens (primary N) is 1. The van der Waals surface area contributed by atoms with Crippen molar-refractivity contribution in [2.24, 2.45) is 0 Å². The summed E-state index contributed by atoms with van der Waals surface area (Å²) in [6, 6.07) is 13.7. The lowest BCUT2D eigenvalue weighted by molar-refractivity contribution is -0.114. The second-order valence-corrected chi connectivity index (χ2v) is 5.40. The summed E-state index contributed by atoms with van der Waals surface area (Å²) in [6.45, 7) is 3.51. The van der Waals surface area contributed by atoms with E-state index in [9.17, 15) is 4.79 Å². The molecule has 2 rings (SSSR count). The smallest absolute Gasteiger partial charge is 0.221 e. The molecular weight excluding hydrogens is 256 g/mol. The predicted molar refractivity (Wildman–Crippen MR) is 80.5 cm³/mol. The van der Waals surface area contributed by atoms with Gasteiger partial charge in [-0.2, -0.15) is 0 Å². The average Bonchev–Trinajstić information content (AvgIpc) is 2.34. The molecule has 0 aliphatic carbocycles. The van der Waals surface area contributed by atoms with Gasteiger partial charge < -0.3 is 11.1 Å². The molecule has 0 radical (unpaired) electrons. The number of nitrogens with one attached hydrogen (secondary N) is 1. The molecule has 0 heterocycles. The number of nitrogen functional groups attached to an aromatic ring is 1. The first-order valence-electron chi connectivity index (χ1n) is 5.97. The highest BCUT2D eigenvalue weighted by molar-refractivity contribution is 7.99. The standard InChI is InChI=1S/C15H16N2OS/c1-10-7-8-14(12(16)9-10)19-15-6-4-3-5-13(15)17-11(2)18/h3-9H,16H2,1-2H3,(H,17,18). The van der Waals surface area contributed by atoms with Crippen LogP contribution in [0.2, 0.25) is 0 Å². The van der Waals surface area contributed by atoms with Crippen molar-refractivity contribution in [2.75, 3.05) is 11.1 Å². The number of carbonyl (C=O) groups is 1. The Morgan fingerprint density at radius 1 is 1.16 bits per heavy atom. The Bertz CT molecular complexity index is 611. The Kier molecular flexibility index (Phi) is 4.12. The van der Waals surface area contributed by atoms with Crippen LogP contribution < -0.4 is 11.1 Å².